The van der Waals surface area contributed by atoms with Gasteiger partial charge in [0.2, 0.25) is 0 Å². The number of nitrogens with one attached hydrogen (secondary N) is 1. The maximum Gasteiger partial charge on any atom is 0.287 e. The van der Waals surface area contributed by atoms with E-state index >= 15 is 0 Å². The predicted molar refractivity (Wildman–Crippen MR) is 79.8 cm³/mol. The Kier molecular flexibility index (Phi) is 4.59. The molecule has 0 unspecified atom stereocenters. The third-order valence-electron chi connectivity index (χ3n) is 2.59. The van der Waals surface area contributed by atoms with Crippen molar-refractivity contribution in [2.24, 2.45) is 0 Å². The van der Waals surface area contributed by atoms with Crippen molar-refractivity contribution in [3.63, 3.8) is 0 Å². The van der Waals surface area contributed by atoms with E-state index in [4.69, 9.17) is 4.42 Å². The van der Waals surface area contributed by atoms with Crippen molar-refractivity contribution in [3.05, 3.63) is 47.4 Å². The van der Waals surface area contributed by atoms with E-state index in [-0.39, 0.29) is 18.2 Å². The van der Waals surface area contributed by atoms with Crippen LogP contribution < -0.4 is 5.32 Å². The van der Waals surface area contributed by atoms with Crippen LogP contribution in [0.4, 0.5) is 0 Å². The van der Waals surface area contributed by atoms with E-state index in [0.717, 1.165) is 5.69 Å². The van der Waals surface area contributed by atoms with Gasteiger partial charge < -0.3 is 14.8 Å². The first-order chi connectivity index (χ1) is 10.3. The molecule has 114 valence electrons. The molecule has 0 aromatic carbocycles. The SMILES string of the molecule is Cc1cnc(CNC(=O)c2ccc(C#CC(C)(C)O)o2)cn1. The van der Waals surface area contributed by atoms with Gasteiger partial charge in [-0.1, -0.05) is 5.92 Å². The van der Waals surface area contributed by atoms with Crippen molar-refractivity contribution in [3.8, 4) is 11.8 Å². The number of aryl methyl sites for hydroxylation is 1. The first-order valence-electron chi connectivity index (χ1n) is 6.74. The van der Waals surface area contributed by atoms with Gasteiger partial charge >= 0.3 is 0 Å². The molecule has 6 heteroatoms. The first-order valence-corrected chi connectivity index (χ1v) is 6.74. The highest BCUT2D eigenvalue weighted by molar-refractivity contribution is 5.91. The summed E-state index contributed by atoms with van der Waals surface area (Å²) in [6, 6.07) is 3.11. The average molecular weight is 299 g/mol. The van der Waals surface area contributed by atoms with Gasteiger partial charge in [-0.2, -0.15) is 0 Å². The van der Waals surface area contributed by atoms with E-state index in [2.05, 4.69) is 27.1 Å². The van der Waals surface area contributed by atoms with E-state index in [1.165, 1.54) is 6.07 Å². The van der Waals surface area contributed by atoms with Gasteiger partial charge in [0.05, 0.1) is 24.1 Å². The van der Waals surface area contributed by atoms with Crippen LogP contribution in [0.1, 0.15) is 41.6 Å². The lowest BCUT2D eigenvalue weighted by molar-refractivity contribution is 0.0922. The highest BCUT2D eigenvalue weighted by Gasteiger charge is 2.11. The number of aromatic nitrogens is 2. The summed E-state index contributed by atoms with van der Waals surface area (Å²) in [7, 11) is 0. The molecule has 2 heterocycles. The average Bonchev–Trinajstić information content (AvgIpc) is 2.92. The molecule has 2 aromatic heterocycles. The maximum absolute atomic E-state index is 11.9. The Hall–Kier alpha value is -2.65. The molecule has 0 bridgehead atoms. The van der Waals surface area contributed by atoms with Gasteiger partial charge in [0.15, 0.2) is 11.5 Å². The van der Waals surface area contributed by atoms with Gasteiger partial charge in [-0.25, -0.2) is 0 Å². The number of furan rings is 1. The van der Waals surface area contributed by atoms with E-state index in [0.29, 0.717) is 11.5 Å². The second-order valence-electron chi connectivity index (χ2n) is 5.30. The van der Waals surface area contributed by atoms with E-state index in [9.17, 15) is 9.90 Å². The van der Waals surface area contributed by atoms with Crippen LogP contribution in [0.15, 0.2) is 28.9 Å². The number of nitrogens with zero attached hydrogens (tertiary/aromatic N) is 2. The molecule has 0 radical (unpaired) electrons. The van der Waals surface area contributed by atoms with Crippen LogP contribution in [0, 0.1) is 18.8 Å². The van der Waals surface area contributed by atoms with Crippen LogP contribution in [0.25, 0.3) is 0 Å². The Bertz CT molecular complexity index is 716. The quantitative estimate of drug-likeness (QED) is 0.837. The fourth-order valence-electron chi connectivity index (χ4n) is 1.51. The van der Waals surface area contributed by atoms with Gasteiger partial charge in [-0.15, -0.1) is 0 Å². The third kappa shape index (κ3) is 4.72. The Morgan fingerprint density at radius 2 is 2.14 bits per heavy atom. The minimum absolute atomic E-state index is 0.153. The summed E-state index contributed by atoms with van der Waals surface area (Å²) < 4.78 is 5.32. The summed E-state index contributed by atoms with van der Waals surface area (Å²) >= 11 is 0. The lowest BCUT2D eigenvalue weighted by Gasteiger charge is -2.05. The molecule has 2 N–H and O–H groups in total. The second kappa shape index (κ2) is 6.41. The number of hydrogen-bond donors (Lipinski definition) is 2. The van der Waals surface area contributed by atoms with Crippen LogP contribution >= 0.6 is 0 Å². The maximum atomic E-state index is 11.9. The second-order valence-corrected chi connectivity index (χ2v) is 5.30. The summed E-state index contributed by atoms with van der Waals surface area (Å²) in [5.74, 6) is 5.40. The van der Waals surface area contributed by atoms with Crippen LogP contribution in [0.5, 0.6) is 0 Å². The van der Waals surface area contributed by atoms with Crippen molar-refractivity contribution in [1.82, 2.24) is 15.3 Å². The molecule has 2 rings (SSSR count). The molecule has 0 aliphatic rings. The molecule has 0 spiro atoms. The highest BCUT2D eigenvalue weighted by atomic mass is 16.3. The van der Waals surface area contributed by atoms with Crippen molar-refractivity contribution in [1.29, 1.82) is 0 Å². The molecule has 0 fully saturated rings. The number of amides is 1. The molecule has 1 amide bonds. The highest BCUT2D eigenvalue weighted by Crippen LogP contribution is 2.08. The third-order valence-corrected chi connectivity index (χ3v) is 2.59. The lowest BCUT2D eigenvalue weighted by atomic mass is 10.1. The smallest absolute Gasteiger partial charge is 0.287 e. The molecule has 0 aliphatic heterocycles. The zero-order valence-corrected chi connectivity index (χ0v) is 12.7. The fourth-order valence-corrected chi connectivity index (χ4v) is 1.51. The van der Waals surface area contributed by atoms with Gasteiger partial charge in [-0.3, -0.25) is 14.8 Å². The number of aliphatic hydroxyl groups is 1. The molecular weight excluding hydrogens is 282 g/mol. The zero-order chi connectivity index (χ0) is 16.2. The monoisotopic (exact) mass is 299 g/mol. The van der Waals surface area contributed by atoms with Gasteiger partial charge in [-0.05, 0) is 38.8 Å². The molecule has 0 atom stereocenters. The Labute approximate surface area is 128 Å². The lowest BCUT2D eigenvalue weighted by Crippen LogP contribution is -2.22. The molecule has 2 aromatic rings. The van der Waals surface area contributed by atoms with Gasteiger partial charge in [0.25, 0.3) is 5.91 Å². The minimum atomic E-state index is -1.11. The molecule has 6 nitrogen and oxygen atoms in total. The number of carbonyl (C=O) groups is 1. The van der Waals surface area contributed by atoms with Gasteiger partial charge in [0.1, 0.15) is 5.60 Å². The largest absolute Gasteiger partial charge is 0.443 e. The van der Waals surface area contributed by atoms with Crippen molar-refractivity contribution in [2.75, 3.05) is 0 Å². The Morgan fingerprint density at radius 1 is 1.36 bits per heavy atom. The predicted octanol–water partition coefficient (Wildman–Crippen LogP) is 1.43. The van der Waals surface area contributed by atoms with Crippen LogP contribution in [-0.2, 0) is 6.54 Å². The van der Waals surface area contributed by atoms with Crippen molar-refractivity contribution >= 4 is 5.91 Å². The molecule has 0 aliphatic carbocycles. The summed E-state index contributed by atoms with van der Waals surface area (Å²) in [5.41, 5.74) is 0.364. The summed E-state index contributed by atoms with van der Waals surface area (Å²) in [5, 5.41) is 12.2. The van der Waals surface area contributed by atoms with Gasteiger partial charge in [0, 0.05) is 6.20 Å². The fraction of sp³-hybridized carbons (Fsp3) is 0.312. The zero-order valence-electron chi connectivity index (χ0n) is 12.7. The minimum Gasteiger partial charge on any atom is -0.443 e. The molecular formula is C16H17N3O3. The Balaban J connectivity index is 1.97. The molecule has 0 saturated carbocycles. The summed E-state index contributed by atoms with van der Waals surface area (Å²) in [4.78, 5) is 20.2. The van der Waals surface area contributed by atoms with E-state index < -0.39 is 5.60 Å². The van der Waals surface area contributed by atoms with Crippen LogP contribution in [0.3, 0.4) is 0 Å². The number of rotatable bonds is 3. The topological polar surface area (TPSA) is 88.2 Å². The molecule has 0 saturated heterocycles. The van der Waals surface area contributed by atoms with Crippen molar-refractivity contribution < 1.29 is 14.3 Å². The van der Waals surface area contributed by atoms with E-state index in [1.807, 2.05) is 6.92 Å². The molecule has 22 heavy (non-hydrogen) atoms. The van der Waals surface area contributed by atoms with E-state index in [1.54, 1.807) is 32.3 Å². The van der Waals surface area contributed by atoms with Crippen LogP contribution in [0.2, 0.25) is 0 Å². The standard InChI is InChI=1S/C16H17N3O3/c1-11-8-18-12(9-17-11)10-19-15(20)14-5-4-13(22-14)6-7-16(2,3)21/h4-5,8-9,21H,10H2,1-3H3,(H,19,20). The van der Waals surface area contributed by atoms with Crippen LogP contribution in [-0.4, -0.2) is 26.6 Å². The summed E-state index contributed by atoms with van der Waals surface area (Å²) in [6.07, 6.45) is 3.25. The number of hydrogen-bond acceptors (Lipinski definition) is 5. The number of carbonyl (C=O) groups excluding carboxylic acids is 1. The summed E-state index contributed by atoms with van der Waals surface area (Å²) in [6.45, 7) is 5.24. The van der Waals surface area contributed by atoms with Crippen molar-refractivity contribution in [2.45, 2.75) is 32.9 Å². The Morgan fingerprint density at radius 3 is 2.77 bits per heavy atom. The normalized spacial score (nSPS) is 10.7. The first kappa shape index (κ1) is 15.7.